The van der Waals surface area contributed by atoms with Crippen LogP contribution in [0.2, 0.25) is 0 Å². The molecule has 148 valence electrons. The van der Waals surface area contributed by atoms with Gasteiger partial charge in [-0.15, -0.1) is 0 Å². The molecule has 7 nitrogen and oxygen atoms in total. The standard InChI is InChI=1S/C18H18F3N5O2/c19-18(20,21)7-14(27)25-10-1-3-11(4-2-10)26-15(28)9-23-13-8-24-17-12(16(13)26)5-6-22-17/h5-6,8-11H,1-4,7H2,(H,22,24)(H,25,27). The molecule has 1 saturated carbocycles. The number of rotatable bonds is 3. The number of carbonyl (C=O) groups is 1. The monoisotopic (exact) mass is 393 g/mol. The second-order valence-corrected chi connectivity index (χ2v) is 7.06. The lowest BCUT2D eigenvalue weighted by Gasteiger charge is -2.31. The van der Waals surface area contributed by atoms with Crippen LogP contribution >= 0.6 is 0 Å². The fourth-order valence-corrected chi connectivity index (χ4v) is 3.93. The molecule has 3 heterocycles. The first-order chi connectivity index (χ1) is 13.3. The van der Waals surface area contributed by atoms with Gasteiger partial charge >= 0.3 is 6.18 Å². The Morgan fingerprint density at radius 2 is 1.96 bits per heavy atom. The van der Waals surface area contributed by atoms with Crippen LogP contribution in [-0.2, 0) is 4.79 Å². The first kappa shape index (κ1) is 18.5. The highest BCUT2D eigenvalue weighted by Crippen LogP contribution is 2.31. The third-order valence-electron chi connectivity index (χ3n) is 5.12. The summed E-state index contributed by atoms with van der Waals surface area (Å²) in [6, 6.07) is 1.41. The lowest BCUT2D eigenvalue weighted by Crippen LogP contribution is -2.40. The topological polar surface area (TPSA) is 92.7 Å². The van der Waals surface area contributed by atoms with Gasteiger partial charge in [-0.25, -0.2) is 9.97 Å². The normalized spacial score (nSPS) is 20.5. The predicted octanol–water partition coefficient (Wildman–Crippen LogP) is 2.83. The van der Waals surface area contributed by atoms with Gasteiger partial charge < -0.3 is 14.9 Å². The van der Waals surface area contributed by atoms with Crippen molar-refractivity contribution in [2.45, 2.75) is 50.4 Å². The summed E-state index contributed by atoms with van der Waals surface area (Å²) < 4.78 is 38.7. The highest BCUT2D eigenvalue weighted by atomic mass is 19.4. The highest BCUT2D eigenvalue weighted by Gasteiger charge is 2.33. The zero-order valence-corrected chi connectivity index (χ0v) is 14.8. The van der Waals surface area contributed by atoms with E-state index in [0.717, 1.165) is 5.39 Å². The van der Waals surface area contributed by atoms with Crippen molar-refractivity contribution in [3.8, 4) is 0 Å². The van der Waals surface area contributed by atoms with Crippen LogP contribution in [0.15, 0.2) is 29.5 Å². The Kier molecular flexibility index (Phi) is 4.56. The fraction of sp³-hybridized carbons (Fsp3) is 0.444. The number of aromatic nitrogens is 4. The van der Waals surface area contributed by atoms with E-state index in [2.05, 4.69) is 20.3 Å². The van der Waals surface area contributed by atoms with Gasteiger partial charge in [-0.3, -0.25) is 9.59 Å². The lowest BCUT2D eigenvalue weighted by atomic mass is 9.90. The molecule has 1 fully saturated rings. The van der Waals surface area contributed by atoms with Gasteiger partial charge in [0.15, 0.2) is 0 Å². The number of pyridine rings is 1. The quantitative estimate of drug-likeness (QED) is 0.716. The molecular weight excluding hydrogens is 375 g/mol. The molecule has 1 amide bonds. The number of fused-ring (bicyclic) bond motifs is 3. The number of aromatic amines is 1. The first-order valence-electron chi connectivity index (χ1n) is 9.01. The zero-order chi connectivity index (χ0) is 19.9. The minimum absolute atomic E-state index is 0.116. The number of halogens is 3. The Morgan fingerprint density at radius 1 is 1.21 bits per heavy atom. The Hall–Kier alpha value is -2.91. The van der Waals surface area contributed by atoms with E-state index < -0.39 is 18.5 Å². The number of hydrogen-bond donors (Lipinski definition) is 2. The number of alkyl halides is 3. The number of hydrogen-bond acceptors (Lipinski definition) is 4. The molecule has 0 atom stereocenters. The molecule has 0 aromatic carbocycles. The van der Waals surface area contributed by atoms with Crippen molar-refractivity contribution in [3.63, 3.8) is 0 Å². The van der Waals surface area contributed by atoms with Crippen molar-refractivity contribution >= 4 is 28.0 Å². The van der Waals surface area contributed by atoms with E-state index in [4.69, 9.17) is 0 Å². The summed E-state index contributed by atoms with van der Waals surface area (Å²) in [6.07, 6.45) is 0.783. The zero-order valence-electron chi connectivity index (χ0n) is 14.8. The Bertz CT molecular complexity index is 1080. The predicted molar refractivity (Wildman–Crippen MR) is 95.8 cm³/mol. The number of nitrogens with one attached hydrogen (secondary N) is 2. The summed E-state index contributed by atoms with van der Waals surface area (Å²) in [5.74, 6) is -1.01. The highest BCUT2D eigenvalue weighted by molar-refractivity contribution is 6.00. The lowest BCUT2D eigenvalue weighted by molar-refractivity contribution is -0.154. The molecule has 10 heteroatoms. The van der Waals surface area contributed by atoms with Crippen LogP contribution in [0.4, 0.5) is 13.2 Å². The van der Waals surface area contributed by atoms with Gasteiger partial charge in [-0.05, 0) is 31.7 Å². The Morgan fingerprint density at radius 3 is 2.68 bits per heavy atom. The molecular formula is C18H18F3N5O2. The van der Waals surface area contributed by atoms with Gasteiger partial charge in [0.05, 0.1) is 17.9 Å². The molecule has 28 heavy (non-hydrogen) atoms. The van der Waals surface area contributed by atoms with E-state index in [-0.39, 0.29) is 17.6 Å². The summed E-state index contributed by atoms with van der Waals surface area (Å²) in [7, 11) is 0. The van der Waals surface area contributed by atoms with Crippen molar-refractivity contribution in [1.29, 1.82) is 0 Å². The largest absolute Gasteiger partial charge is 0.397 e. The van der Waals surface area contributed by atoms with Gasteiger partial charge in [0.25, 0.3) is 5.56 Å². The summed E-state index contributed by atoms with van der Waals surface area (Å²) in [5.41, 5.74) is 1.73. The number of H-pyrrole nitrogens is 1. The van der Waals surface area contributed by atoms with E-state index in [1.165, 1.54) is 6.20 Å². The van der Waals surface area contributed by atoms with Gasteiger partial charge in [0.1, 0.15) is 17.6 Å². The van der Waals surface area contributed by atoms with Crippen LogP contribution in [0, 0.1) is 0 Å². The average Bonchev–Trinajstić information content (AvgIpc) is 3.10. The molecule has 4 rings (SSSR count). The molecule has 1 aliphatic carbocycles. The molecule has 3 aromatic rings. The number of nitrogens with zero attached hydrogens (tertiary/aromatic N) is 3. The van der Waals surface area contributed by atoms with Crippen molar-refractivity contribution in [1.82, 2.24) is 24.8 Å². The minimum atomic E-state index is -4.51. The van der Waals surface area contributed by atoms with Gasteiger partial charge in [-0.2, -0.15) is 13.2 Å². The second kappa shape index (κ2) is 6.92. The first-order valence-corrected chi connectivity index (χ1v) is 9.01. The minimum Gasteiger partial charge on any atom is -0.353 e. The van der Waals surface area contributed by atoms with Crippen molar-refractivity contribution < 1.29 is 18.0 Å². The number of carbonyl (C=O) groups excluding carboxylic acids is 1. The summed E-state index contributed by atoms with van der Waals surface area (Å²) in [5, 5.41) is 3.25. The summed E-state index contributed by atoms with van der Waals surface area (Å²) in [4.78, 5) is 35.6. The maximum atomic E-state index is 12.6. The van der Waals surface area contributed by atoms with Crippen LogP contribution in [0.25, 0.3) is 22.1 Å². The number of amides is 1. The third-order valence-corrected chi connectivity index (χ3v) is 5.12. The molecule has 2 N–H and O–H groups in total. The van der Waals surface area contributed by atoms with Gasteiger partial charge in [0.2, 0.25) is 5.91 Å². The van der Waals surface area contributed by atoms with Crippen molar-refractivity contribution in [2.75, 3.05) is 0 Å². The molecule has 0 bridgehead atoms. The molecule has 0 aliphatic heterocycles. The van der Waals surface area contributed by atoms with Gasteiger partial charge in [0, 0.05) is 23.7 Å². The Balaban J connectivity index is 1.56. The van der Waals surface area contributed by atoms with Crippen LogP contribution in [-0.4, -0.2) is 37.6 Å². The van der Waals surface area contributed by atoms with E-state index in [0.29, 0.717) is 42.4 Å². The average molecular weight is 393 g/mol. The van der Waals surface area contributed by atoms with Gasteiger partial charge in [-0.1, -0.05) is 0 Å². The van der Waals surface area contributed by atoms with Crippen LogP contribution < -0.4 is 10.9 Å². The summed E-state index contributed by atoms with van der Waals surface area (Å²) in [6.45, 7) is 0. The molecule has 1 aliphatic rings. The molecule has 3 aromatic heterocycles. The fourth-order valence-electron chi connectivity index (χ4n) is 3.93. The molecule has 0 radical (unpaired) electrons. The van der Waals surface area contributed by atoms with E-state index in [1.54, 1.807) is 17.0 Å². The molecule has 0 unspecified atom stereocenters. The molecule has 0 spiro atoms. The van der Waals surface area contributed by atoms with Crippen LogP contribution in [0.1, 0.15) is 38.1 Å². The van der Waals surface area contributed by atoms with Crippen LogP contribution in [0.3, 0.4) is 0 Å². The smallest absolute Gasteiger partial charge is 0.353 e. The van der Waals surface area contributed by atoms with Crippen molar-refractivity contribution in [2.24, 2.45) is 0 Å². The van der Waals surface area contributed by atoms with E-state index >= 15 is 0 Å². The van der Waals surface area contributed by atoms with E-state index in [1.807, 2.05) is 6.07 Å². The SMILES string of the molecule is O=C(CC(F)(F)F)NC1CCC(n2c(=O)cnc3cnc4[nH]ccc4c32)CC1. The maximum absolute atomic E-state index is 12.6. The second-order valence-electron chi connectivity index (χ2n) is 7.06. The third kappa shape index (κ3) is 3.58. The maximum Gasteiger partial charge on any atom is 0.397 e. The summed E-state index contributed by atoms with van der Waals surface area (Å²) >= 11 is 0. The van der Waals surface area contributed by atoms with Crippen LogP contribution in [0.5, 0.6) is 0 Å². The van der Waals surface area contributed by atoms with Crippen molar-refractivity contribution in [3.05, 3.63) is 35.0 Å². The Labute approximate surface area is 157 Å². The molecule has 0 saturated heterocycles. The van der Waals surface area contributed by atoms with E-state index in [9.17, 15) is 22.8 Å².